The molecule has 3 fully saturated rings. The van der Waals surface area contributed by atoms with Crippen LogP contribution in [0.1, 0.15) is 52.9 Å². The van der Waals surface area contributed by atoms with Gasteiger partial charge in [0.15, 0.2) is 0 Å². The van der Waals surface area contributed by atoms with Gasteiger partial charge in [0.2, 0.25) is 6.04 Å². The molecule has 1 aliphatic carbocycles. The number of hydrogen-bond acceptors (Lipinski definition) is 2. The molecule has 3 unspecified atom stereocenters. The second-order valence-electron chi connectivity index (χ2n) is 7.00. The standard InChI is InChI=1S/C16H25NO2/c1-10-8-16-9-14(12(10)3)18-15(16)6-5-13(19-16)7-11(2)17-4/h10-15H,5-9H2,1-3H3/t10?,11?,12?,13-,14+,15+,16+/m1/s1. The van der Waals surface area contributed by atoms with Crippen molar-refractivity contribution >= 4 is 0 Å². The van der Waals surface area contributed by atoms with Gasteiger partial charge in [-0.25, -0.2) is 6.57 Å². The van der Waals surface area contributed by atoms with Crippen LogP contribution in [0.4, 0.5) is 0 Å². The topological polar surface area (TPSA) is 22.8 Å². The molecule has 3 aliphatic rings. The average Bonchev–Trinajstić information content (AvgIpc) is 2.70. The Labute approximate surface area is 116 Å². The summed E-state index contributed by atoms with van der Waals surface area (Å²) in [6.07, 6.45) is 6.24. The van der Waals surface area contributed by atoms with E-state index in [0.717, 1.165) is 32.1 Å². The number of nitrogens with zero attached hydrogens (tertiary/aromatic N) is 1. The summed E-state index contributed by atoms with van der Waals surface area (Å²) in [6, 6.07) is 0.0796. The fourth-order valence-electron chi connectivity index (χ4n) is 4.31. The van der Waals surface area contributed by atoms with E-state index in [9.17, 15) is 0 Å². The van der Waals surface area contributed by atoms with E-state index >= 15 is 0 Å². The molecule has 0 aromatic carbocycles. The highest BCUT2D eigenvalue weighted by molar-refractivity contribution is 5.07. The van der Waals surface area contributed by atoms with Crippen molar-refractivity contribution in [2.24, 2.45) is 11.8 Å². The molecule has 1 spiro atoms. The van der Waals surface area contributed by atoms with Crippen LogP contribution in [0.5, 0.6) is 0 Å². The van der Waals surface area contributed by atoms with E-state index in [2.05, 4.69) is 18.7 Å². The van der Waals surface area contributed by atoms with Gasteiger partial charge in [-0.05, 0) is 31.1 Å². The molecule has 2 saturated heterocycles. The Hall–Kier alpha value is -0.590. The van der Waals surface area contributed by atoms with Crippen molar-refractivity contribution in [3.05, 3.63) is 11.4 Å². The Morgan fingerprint density at radius 2 is 2.11 bits per heavy atom. The van der Waals surface area contributed by atoms with E-state index in [1.165, 1.54) is 0 Å². The highest BCUT2D eigenvalue weighted by Gasteiger charge is 2.58. The first-order valence-electron chi connectivity index (χ1n) is 7.74. The van der Waals surface area contributed by atoms with Crippen molar-refractivity contribution in [3.8, 4) is 0 Å². The summed E-state index contributed by atoms with van der Waals surface area (Å²) in [5.41, 5.74) is -0.0265. The second-order valence-corrected chi connectivity index (χ2v) is 7.00. The smallest absolute Gasteiger partial charge is 0.223 e. The van der Waals surface area contributed by atoms with Crippen LogP contribution >= 0.6 is 0 Å². The highest BCUT2D eigenvalue weighted by atomic mass is 16.6. The van der Waals surface area contributed by atoms with Crippen molar-refractivity contribution in [2.75, 3.05) is 0 Å². The molecule has 0 radical (unpaired) electrons. The van der Waals surface area contributed by atoms with Gasteiger partial charge >= 0.3 is 0 Å². The highest BCUT2D eigenvalue weighted by Crippen LogP contribution is 2.53. The monoisotopic (exact) mass is 263 g/mol. The number of rotatable bonds is 2. The van der Waals surface area contributed by atoms with Gasteiger partial charge in [-0.2, -0.15) is 0 Å². The molecule has 2 bridgehead atoms. The van der Waals surface area contributed by atoms with Crippen molar-refractivity contribution in [3.63, 3.8) is 0 Å². The van der Waals surface area contributed by atoms with Crippen LogP contribution in [0.3, 0.4) is 0 Å². The molecule has 7 atom stereocenters. The molecule has 3 nitrogen and oxygen atoms in total. The number of ether oxygens (including phenoxy) is 2. The molecule has 1 saturated carbocycles. The molecule has 2 aliphatic heterocycles. The normalized spacial score (nSPS) is 50.3. The van der Waals surface area contributed by atoms with E-state index in [4.69, 9.17) is 16.0 Å². The van der Waals surface area contributed by atoms with Gasteiger partial charge in [-0.3, -0.25) is 0 Å². The van der Waals surface area contributed by atoms with Crippen LogP contribution in [0.25, 0.3) is 4.85 Å². The largest absolute Gasteiger partial charge is 0.372 e. The minimum Gasteiger partial charge on any atom is -0.372 e. The van der Waals surface area contributed by atoms with Crippen LogP contribution in [0.2, 0.25) is 0 Å². The summed E-state index contributed by atoms with van der Waals surface area (Å²) >= 11 is 0. The van der Waals surface area contributed by atoms with Crippen molar-refractivity contribution in [1.82, 2.24) is 0 Å². The zero-order chi connectivity index (χ0) is 13.6. The molecular formula is C16H25NO2. The maximum absolute atomic E-state index is 7.11. The molecule has 19 heavy (non-hydrogen) atoms. The van der Waals surface area contributed by atoms with Gasteiger partial charge in [0, 0.05) is 19.8 Å². The Kier molecular flexibility index (Phi) is 3.35. The van der Waals surface area contributed by atoms with Crippen LogP contribution in [0.15, 0.2) is 0 Å². The van der Waals surface area contributed by atoms with E-state index in [0.29, 0.717) is 24.0 Å². The van der Waals surface area contributed by atoms with E-state index in [-0.39, 0.29) is 17.7 Å². The maximum atomic E-state index is 7.11. The minimum absolute atomic E-state index is 0.0265. The van der Waals surface area contributed by atoms with Crippen LogP contribution < -0.4 is 0 Å². The lowest BCUT2D eigenvalue weighted by Gasteiger charge is -2.45. The Morgan fingerprint density at radius 1 is 1.32 bits per heavy atom. The molecule has 0 aromatic heterocycles. The fourth-order valence-corrected chi connectivity index (χ4v) is 4.31. The summed E-state index contributed by atoms with van der Waals surface area (Å²) in [5, 5.41) is 0. The quantitative estimate of drug-likeness (QED) is 0.712. The SMILES string of the molecule is [C-]#[N+]C(C)C[C@H]1CC[C@@H]2O[C@H]3C[C@]2(CC(C)C3C)O1. The number of fused-ring (bicyclic) bond motifs is 1. The molecule has 0 aromatic rings. The molecule has 0 N–H and O–H groups in total. The third-order valence-electron chi connectivity index (χ3n) is 5.60. The zero-order valence-corrected chi connectivity index (χ0v) is 12.3. The fraction of sp³-hybridized carbons (Fsp3) is 0.938. The molecule has 3 heteroatoms. The average molecular weight is 263 g/mol. The molecule has 106 valence electrons. The Bertz CT molecular complexity index is 391. The van der Waals surface area contributed by atoms with Crippen molar-refractivity contribution in [2.45, 2.75) is 82.8 Å². The summed E-state index contributed by atoms with van der Waals surface area (Å²) in [4.78, 5) is 3.61. The first-order valence-corrected chi connectivity index (χ1v) is 7.74. The molecular weight excluding hydrogens is 238 g/mol. The molecule has 0 amide bonds. The zero-order valence-electron chi connectivity index (χ0n) is 12.3. The van der Waals surface area contributed by atoms with Crippen LogP contribution in [0, 0.1) is 18.4 Å². The summed E-state index contributed by atoms with van der Waals surface area (Å²) in [7, 11) is 0. The van der Waals surface area contributed by atoms with E-state index < -0.39 is 0 Å². The Morgan fingerprint density at radius 3 is 2.84 bits per heavy atom. The minimum atomic E-state index is -0.0265. The maximum Gasteiger partial charge on any atom is 0.223 e. The first-order chi connectivity index (χ1) is 9.04. The lowest BCUT2D eigenvalue weighted by atomic mass is 9.70. The van der Waals surface area contributed by atoms with Gasteiger partial charge in [-0.15, -0.1) is 0 Å². The number of hydrogen-bond donors (Lipinski definition) is 0. The van der Waals surface area contributed by atoms with E-state index in [1.54, 1.807) is 0 Å². The Balaban J connectivity index is 1.73. The van der Waals surface area contributed by atoms with Crippen LogP contribution in [-0.4, -0.2) is 30.0 Å². The lowest BCUT2D eigenvalue weighted by Crippen LogP contribution is -2.51. The third kappa shape index (κ3) is 2.19. The summed E-state index contributed by atoms with van der Waals surface area (Å²) in [6.45, 7) is 13.8. The van der Waals surface area contributed by atoms with Gasteiger partial charge in [0.25, 0.3) is 0 Å². The van der Waals surface area contributed by atoms with Crippen molar-refractivity contribution in [1.29, 1.82) is 0 Å². The van der Waals surface area contributed by atoms with Gasteiger partial charge in [-0.1, -0.05) is 13.8 Å². The van der Waals surface area contributed by atoms with Crippen molar-refractivity contribution < 1.29 is 9.47 Å². The van der Waals surface area contributed by atoms with Crippen LogP contribution in [-0.2, 0) is 9.47 Å². The van der Waals surface area contributed by atoms with E-state index in [1.807, 2.05) is 6.92 Å². The predicted molar refractivity (Wildman–Crippen MR) is 73.7 cm³/mol. The third-order valence-corrected chi connectivity index (χ3v) is 5.60. The lowest BCUT2D eigenvalue weighted by molar-refractivity contribution is -0.170. The van der Waals surface area contributed by atoms with Gasteiger partial charge in [0.1, 0.15) is 0 Å². The first kappa shape index (κ1) is 13.4. The predicted octanol–water partition coefficient (Wildman–Crippen LogP) is 3.44. The molecule has 2 heterocycles. The summed E-state index contributed by atoms with van der Waals surface area (Å²) in [5.74, 6) is 1.33. The van der Waals surface area contributed by atoms with Gasteiger partial charge < -0.3 is 14.3 Å². The van der Waals surface area contributed by atoms with Gasteiger partial charge in [0.05, 0.1) is 23.9 Å². The summed E-state index contributed by atoms with van der Waals surface area (Å²) < 4.78 is 12.7. The second kappa shape index (κ2) is 4.75. The molecule has 3 rings (SSSR count).